The molecule has 0 saturated heterocycles. The van der Waals surface area contributed by atoms with Gasteiger partial charge in [-0.25, -0.2) is 0 Å². The Bertz CT molecular complexity index is 390. The summed E-state index contributed by atoms with van der Waals surface area (Å²) in [6.45, 7) is 2.31. The number of aromatic nitrogens is 1. The van der Waals surface area contributed by atoms with Gasteiger partial charge in [-0.1, -0.05) is 6.08 Å². The molecule has 4 heteroatoms. The average Bonchev–Trinajstić information content (AvgIpc) is 2.46. The van der Waals surface area contributed by atoms with E-state index in [2.05, 4.69) is 22.5 Å². The van der Waals surface area contributed by atoms with Crippen molar-refractivity contribution < 1.29 is 9.47 Å². The van der Waals surface area contributed by atoms with Crippen LogP contribution in [-0.4, -0.2) is 31.3 Å². The molecule has 19 heavy (non-hydrogen) atoms. The fourth-order valence-electron chi connectivity index (χ4n) is 2.03. The predicted molar refractivity (Wildman–Crippen MR) is 75.2 cm³/mol. The van der Waals surface area contributed by atoms with E-state index in [1.54, 1.807) is 13.3 Å². The summed E-state index contributed by atoms with van der Waals surface area (Å²) >= 11 is 0. The van der Waals surface area contributed by atoms with E-state index in [0.29, 0.717) is 0 Å². The van der Waals surface area contributed by atoms with Gasteiger partial charge in [-0.2, -0.15) is 0 Å². The summed E-state index contributed by atoms with van der Waals surface area (Å²) in [4.78, 5) is 4.39. The van der Waals surface area contributed by atoms with Gasteiger partial charge in [-0.15, -0.1) is 0 Å². The Morgan fingerprint density at radius 1 is 1.42 bits per heavy atom. The normalized spacial score (nSPS) is 18.5. The van der Waals surface area contributed by atoms with Crippen molar-refractivity contribution >= 4 is 0 Å². The lowest BCUT2D eigenvalue weighted by molar-refractivity contribution is 0.199. The Labute approximate surface area is 114 Å². The number of ether oxygens (including phenoxy) is 2. The van der Waals surface area contributed by atoms with E-state index < -0.39 is 0 Å². The number of rotatable bonds is 7. The fourth-order valence-corrected chi connectivity index (χ4v) is 2.03. The van der Waals surface area contributed by atoms with Gasteiger partial charge in [0.05, 0.1) is 18.5 Å². The number of nitrogens with zero attached hydrogens (tertiary/aromatic N) is 1. The number of hydrogen-bond donors (Lipinski definition) is 1. The van der Waals surface area contributed by atoms with Crippen molar-refractivity contribution in [1.29, 1.82) is 0 Å². The van der Waals surface area contributed by atoms with E-state index in [1.165, 1.54) is 12.8 Å². The van der Waals surface area contributed by atoms with E-state index in [4.69, 9.17) is 9.47 Å². The van der Waals surface area contributed by atoms with E-state index in [-0.39, 0.29) is 6.10 Å². The van der Waals surface area contributed by atoms with Crippen LogP contribution in [0.15, 0.2) is 30.5 Å². The van der Waals surface area contributed by atoms with Crippen LogP contribution in [-0.2, 0) is 11.3 Å². The maximum absolute atomic E-state index is 5.86. The van der Waals surface area contributed by atoms with E-state index in [9.17, 15) is 0 Å². The zero-order valence-corrected chi connectivity index (χ0v) is 11.5. The summed E-state index contributed by atoms with van der Waals surface area (Å²) in [7, 11) is 1.70. The lowest BCUT2D eigenvalue weighted by Gasteiger charge is -2.18. The van der Waals surface area contributed by atoms with Crippen LogP contribution < -0.4 is 10.1 Å². The summed E-state index contributed by atoms with van der Waals surface area (Å²) < 4.78 is 10.8. The van der Waals surface area contributed by atoms with Gasteiger partial charge in [0.15, 0.2) is 0 Å². The maximum Gasteiger partial charge on any atom is 0.138 e. The van der Waals surface area contributed by atoms with Gasteiger partial charge in [0, 0.05) is 20.2 Å². The van der Waals surface area contributed by atoms with Crippen LogP contribution in [0.25, 0.3) is 0 Å². The maximum atomic E-state index is 5.86. The number of pyridine rings is 1. The number of allylic oxidation sites excluding steroid dienone is 1. The highest BCUT2D eigenvalue weighted by Crippen LogP contribution is 2.18. The third kappa shape index (κ3) is 5.01. The van der Waals surface area contributed by atoms with Crippen LogP contribution in [0.2, 0.25) is 0 Å². The Kier molecular flexibility index (Phi) is 5.85. The second-order valence-corrected chi connectivity index (χ2v) is 4.67. The first-order chi connectivity index (χ1) is 9.38. The van der Waals surface area contributed by atoms with Gasteiger partial charge in [-0.3, -0.25) is 4.98 Å². The summed E-state index contributed by atoms with van der Waals surface area (Å²) in [6.07, 6.45) is 9.81. The van der Waals surface area contributed by atoms with Crippen LogP contribution >= 0.6 is 0 Å². The molecule has 1 atom stereocenters. The van der Waals surface area contributed by atoms with E-state index >= 15 is 0 Å². The third-order valence-corrected chi connectivity index (χ3v) is 3.08. The molecule has 0 spiro atoms. The van der Waals surface area contributed by atoms with Gasteiger partial charge in [0.25, 0.3) is 0 Å². The summed E-state index contributed by atoms with van der Waals surface area (Å²) in [5.41, 5.74) is 1.02. The highest BCUT2D eigenvalue weighted by atomic mass is 16.5. The molecule has 0 amide bonds. The molecule has 0 saturated carbocycles. The molecular formula is C15H22N2O2. The van der Waals surface area contributed by atoms with Crippen molar-refractivity contribution in [2.45, 2.75) is 31.9 Å². The van der Waals surface area contributed by atoms with Crippen molar-refractivity contribution in [1.82, 2.24) is 10.3 Å². The fraction of sp³-hybridized carbons (Fsp3) is 0.533. The molecule has 104 valence electrons. The van der Waals surface area contributed by atoms with Crippen LogP contribution in [0.5, 0.6) is 5.75 Å². The molecule has 0 bridgehead atoms. The molecule has 1 unspecified atom stereocenters. The Morgan fingerprint density at radius 3 is 3.05 bits per heavy atom. The molecule has 1 aromatic heterocycles. The minimum absolute atomic E-state index is 0.209. The predicted octanol–water partition coefficient (Wildman–Crippen LogP) is 2.31. The highest BCUT2D eigenvalue weighted by Gasteiger charge is 2.09. The van der Waals surface area contributed by atoms with Crippen LogP contribution in [0.4, 0.5) is 0 Å². The molecule has 0 radical (unpaired) electrons. The quantitative estimate of drug-likeness (QED) is 0.605. The highest BCUT2D eigenvalue weighted by molar-refractivity contribution is 5.21. The SMILES string of the molecule is COCCNCc1ccc(OC2C=CCCC2)cn1. The van der Waals surface area contributed by atoms with Crippen LogP contribution in [0, 0.1) is 0 Å². The third-order valence-electron chi connectivity index (χ3n) is 3.08. The molecule has 1 aliphatic rings. The molecule has 1 aliphatic carbocycles. The molecule has 1 N–H and O–H groups in total. The topological polar surface area (TPSA) is 43.4 Å². The van der Waals surface area contributed by atoms with Crippen LogP contribution in [0.3, 0.4) is 0 Å². The minimum Gasteiger partial charge on any atom is -0.485 e. The van der Waals surface area contributed by atoms with Gasteiger partial charge >= 0.3 is 0 Å². The average molecular weight is 262 g/mol. The van der Waals surface area contributed by atoms with Gasteiger partial charge < -0.3 is 14.8 Å². The molecule has 0 aliphatic heterocycles. The number of nitrogens with one attached hydrogen (secondary N) is 1. The van der Waals surface area contributed by atoms with Gasteiger partial charge in [0.1, 0.15) is 11.9 Å². The Morgan fingerprint density at radius 2 is 2.37 bits per heavy atom. The smallest absolute Gasteiger partial charge is 0.138 e. The zero-order valence-electron chi connectivity index (χ0n) is 11.5. The second kappa shape index (κ2) is 7.92. The summed E-state index contributed by atoms with van der Waals surface area (Å²) in [5.74, 6) is 0.845. The first-order valence-corrected chi connectivity index (χ1v) is 6.86. The molecule has 0 fully saturated rings. The second-order valence-electron chi connectivity index (χ2n) is 4.67. The lowest BCUT2D eigenvalue weighted by Crippen LogP contribution is -2.19. The molecular weight excluding hydrogens is 240 g/mol. The first-order valence-electron chi connectivity index (χ1n) is 6.86. The molecule has 2 rings (SSSR count). The molecule has 1 aromatic rings. The van der Waals surface area contributed by atoms with Gasteiger partial charge in [-0.05, 0) is 37.5 Å². The Balaban J connectivity index is 1.77. The summed E-state index contributed by atoms with van der Waals surface area (Å²) in [6, 6.07) is 3.99. The van der Waals surface area contributed by atoms with Crippen molar-refractivity contribution in [3.63, 3.8) is 0 Å². The molecule has 0 aromatic carbocycles. The first kappa shape index (κ1) is 14.0. The van der Waals surface area contributed by atoms with Crippen molar-refractivity contribution in [3.8, 4) is 5.75 Å². The monoisotopic (exact) mass is 262 g/mol. The largest absolute Gasteiger partial charge is 0.485 e. The number of methoxy groups -OCH3 is 1. The molecule has 1 heterocycles. The van der Waals surface area contributed by atoms with Crippen LogP contribution in [0.1, 0.15) is 25.0 Å². The van der Waals surface area contributed by atoms with E-state index in [0.717, 1.165) is 37.6 Å². The number of hydrogen-bond acceptors (Lipinski definition) is 4. The summed E-state index contributed by atoms with van der Waals surface area (Å²) in [5, 5.41) is 3.26. The van der Waals surface area contributed by atoms with Crippen molar-refractivity contribution in [3.05, 3.63) is 36.2 Å². The van der Waals surface area contributed by atoms with Crippen molar-refractivity contribution in [2.75, 3.05) is 20.3 Å². The lowest BCUT2D eigenvalue weighted by atomic mass is 10.1. The van der Waals surface area contributed by atoms with Gasteiger partial charge in [0.2, 0.25) is 0 Å². The molecule has 4 nitrogen and oxygen atoms in total. The standard InChI is InChI=1S/C15H22N2O2/c1-18-10-9-16-11-13-7-8-15(12-17-13)19-14-5-3-2-4-6-14/h3,5,7-8,12,14,16H,2,4,6,9-11H2,1H3. The van der Waals surface area contributed by atoms with E-state index in [1.807, 2.05) is 12.1 Å². The zero-order chi connectivity index (χ0) is 13.3. The Hall–Kier alpha value is -1.39. The minimum atomic E-state index is 0.209. The van der Waals surface area contributed by atoms with Crippen molar-refractivity contribution in [2.24, 2.45) is 0 Å².